The first-order chi connectivity index (χ1) is 8.18. The van der Waals surface area contributed by atoms with Gasteiger partial charge in [-0.25, -0.2) is 0 Å². The first kappa shape index (κ1) is 15.4. The first-order valence-electron chi connectivity index (χ1n) is 6.59. The molecule has 0 amide bonds. The van der Waals surface area contributed by atoms with Gasteiger partial charge in [0.15, 0.2) is 0 Å². The van der Waals surface area contributed by atoms with Crippen LogP contribution in [0.5, 0.6) is 0 Å². The monoisotopic (exact) mass is 269 g/mol. The molecular formula is C14H24ClN3. The SMILES string of the molecule is CC(N)C1CCCN(C(C)c2ccccn2)C1.Cl. The van der Waals surface area contributed by atoms with Crippen molar-refractivity contribution in [1.82, 2.24) is 9.88 Å². The predicted octanol–water partition coefficient (Wildman–Crippen LogP) is 2.62. The Hall–Kier alpha value is -0.640. The topological polar surface area (TPSA) is 42.1 Å². The van der Waals surface area contributed by atoms with E-state index >= 15 is 0 Å². The average molecular weight is 270 g/mol. The number of aromatic nitrogens is 1. The summed E-state index contributed by atoms with van der Waals surface area (Å²) in [7, 11) is 0. The van der Waals surface area contributed by atoms with E-state index in [2.05, 4.69) is 35.9 Å². The van der Waals surface area contributed by atoms with Crippen LogP contribution in [0.3, 0.4) is 0 Å². The summed E-state index contributed by atoms with van der Waals surface area (Å²) >= 11 is 0. The van der Waals surface area contributed by atoms with E-state index in [0.29, 0.717) is 18.0 Å². The minimum Gasteiger partial charge on any atom is -0.328 e. The Morgan fingerprint density at radius 3 is 2.78 bits per heavy atom. The lowest BCUT2D eigenvalue weighted by molar-refractivity contribution is 0.119. The van der Waals surface area contributed by atoms with Crippen LogP contribution in [0.25, 0.3) is 0 Å². The summed E-state index contributed by atoms with van der Waals surface area (Å²) in [5, 5.41) is 0. The molecule has 1 aliphatic heterocycles. The number of pyridine rings is 1. The molecule has 1 saturated heterocycles. The van der Waals surface area contributed by atoms with Crippen molar-refractivity contribution in [3.05, 3.63) is 30.1 Å². The van der Waals surface area contributed by atoms with Crippen molar-refractivity contribution in [3.63, 3.8) is 0 Å². The second-order valence-electron chi connectivity index (χ2n) is 5.19. The van der Waals surface area contributed by atoms with E-state index in [4.69, 9.17) is 5.73 Å². The van der Waals surface area contributed by atoms with Gasteiger partial charge < -0.3 is 5.73 Å². The van der Waals surface area contributed by atoms with E-state index < -0.39 is 0 Å². The van der Waals surface area contributed by atoms with Crippen LogP contribution in [0.2, 0.25) is 0 Å². The van der Waals surface area contributed by atoms with Crippen LogP contribution in [0, 0.1) is 5.92 Å². The molecule has 3 nitrogen and oxygen atoms in total. The Kier molecular flexibility index (Phi) is 6.06. The van der Waals surface area contributed by atoms with Gasteiger partial charge in [0, 0.05) is 24.8 Å². The molecule has 2 heterocycles. The zero-order chi connectivity index (χ0) is 12.3. The highest BCUT2D eigenvalue weighted by Crippen LogP contribution is 2.26. The molecule has 1 fully saturated rings. The number of piperidine rings is 1. The molecule has 2 rings (SSSR count). The Bertz CT molecular complexity index is 342. The maximum Gasteiger partial charge on any atom is 0.0572 e. The van der Waals surface area contributed by atoms with Gasteiger partial charge >= 0.3 is 0 Å². The van der Waals surface area contributed by atoms with Gasteiger partial charge in [0.25, 0.3) is 0 Å². The Morgan fingerprint density at radius 2 is 2.17 bits per heavy atom. The van der Waals surface area contributed by atoms with Crippen LogP contribution < -0.4 is 5.73 Å². The van der Waals surface area contributed by atoms with Crippen molar-refractivity contribution in [3.8, 4) is 0 Å². The standard InChI is InChI=1S/C14H23N3.ClH/c1-11(15)13-6-5-9-17(10-13)12(2)14-7-3-4-8-16-14;/h3-4,7-8,11-13H,5-6,9-10,15H2,1-2H3;1H. The number of likely N-dealkylation sites (tertiary alicyclic amines) is 1. The molecular weight excluding hydrogens is 246 g/mol. The van der Waals surface area contributed by atoms with Crippen LogP contribution >= 0.6 is 12.4 Å². The van der Waals surface area contributed by atoms with Crippen molar-refractivity contribution in [2.75, 3.05) is 13.1 Å². The van der Waals surface area contributed by atoms with Crippen molar-refractivity contribution < 1.29 is 0 Å². The second-order valence-corrected chi connectivity index (χ2v) is 5.19. The van der Waals surface area contributed by atoms with Gasteiger partial charge in [-0.1, -0.05) is 6.07 Å². The van der Waals surface area contributed by atoms with Gasteiger partial charge in [0.2, 0.25) is 0 Å². The van der Waals surface area contributed by atoms with Crippen molar-refractivity contribution in [2.45, 2.75) is 38.8 Å². The normalized spacial score (nSPS) is 24.1. The predicted molar refractivity (Wildman–Crippen MR) is 77.8 cm³/mol. The molecule has 3 atom stereocenters. The van der Waals surface area contributed by atoms with E-state index in [1.165, 1.54) is 19.4 Å². The van der Waals surface area contributed by atoms with E-state index in [9.17, 15) is 0 Å². The molecule has 3 unspecified atom stereocenters. The van der Waals surface area contributed by atoms with Crippen molar-refractivity contribution >= 4 is 12.4 Å². The van der Waals surface area contributed by atoms with Crippen LogP contribution in [-0.2, 0) is 0 Å². The third kappa shape index (κ3) is 3.67. The Balaban J connectivity index is 0.00000162. The molecule has 18 heavy (non-hydrogen) atoms. The lowest BCUT2D eigenvalue weighted by atomic mass is 9.91. The lowest BCUT2D eigenvalue weighted by Crippen LogP contribution is -2.43. The summed E-state index contributed by atoms with van der Waals surface area (Å²) in [4.78, 5) is 6.96. The number of nitrogens with zero attached hydrogens (tertiary/aromatic N) is 2. The quantitative estimate of drug-likeness (QED) is 0.917. The van der Waals surface area contributed by atoms with E-state index in [1.54, 1.807) is 0 Å². The Morgan fingerprint density at radius 1 is 1.39 bits per heavy atom. The van der Waals surface area contributed by atoms with Crippen LogP contribution in [0.4, 0.5) is 0 Å². The third-order valence-electron chi connectivity index (χ3n) is 3.90. The van der Waals surface area contributed by atoms with Crippen LogP contribution in [0.1, 0.15) is 38.4 Å². The number of nitrogens with two attached hydrogens (primary N) is 1. The highest BCUT2D eigenvalue weighted by Gasteiger charge is 2.26. The fourth-order valence-corrected chi connectivity index (χ4v) is 2.63. The van der Waals surface area contributed by atoms with Crippen LogP contribution in [0.15, 0.2) is 24.4 Å². The fourth-order valence-electron chi connectivity index (χ4n) is 2.63. The van der Waals surface area contributed by atoms with Gasteiger partial charge in [-0.05, 0) is 51.3 Å². The molecule has 0 saturated carbocycles. The summed E-state index contributed by atoms with van der Waals surface area (Å²) in [5.74, 6) is 0.634. The number of hydrogen-bond donors (Lipinski definition) is 1. The molecule has 1 aliphatic rings. The largest absolute Gasteiger partial charge is 0.328 e. The maximum absolute atomic E-state index is 6.03. The maximum atomic E-state index is 6.03. The lowest BCUT2D eigenvalue weighted by Gasteiger charge is -2.38. The summed E-state index contributed by atoms with van der Waals surface area (Å²) < 4.78 is 0. The first-order valence-corrected chi connectivity index (χ1v) is 6.59. The number of hydrogen-bond acceptors (Lipinski definition) is 3. The zero-order valence-electron chi connectivity index (χ0n) is 11.2. The molecule has 1 aromatic heterocycles. The summed E-state index contributed by atoms with van der Waals surface area (Å²) in [5.41, 5.74) is 7.19. The summed E-state index contributed by atoms with van der Waals surface area (Å²) in [6.45, 7) is 6.64. The molecule has 0 spiro atoms. The minimum atomic E-state index is 0. The molecule has 0 radical (unpaired) electrons. The van der Waals surface area contributed by atoms with E-state index in [-0.39, 0.29) is 12.4 Å². The molecule has 102 valence electrons. The zero-order valence-corrected chi connectivity index (χ0v) is 12.1. The molecule has 0 bridgehead atoms. The molecule has 0 aliphatic carbocycles. The number of rotatable bonds is 3. The molecule has 1 aromatic rings. The van der Waals surface area contributed by atoms with Crippen molar-refractivity contribution in [1.29, 1.82) is 0 Å². The van der Waals surface area contributed by atoms with E-state index in [0.717, 1.165) is 12.2 Å². The van der Waals surface area contributed by atoms with E-state index in [1.807, 2.05) is 12.3 Å². The smallest absolute Gasteiger partial charge is 0.0572 e. The highest BCUT2D eigenvalue weighted by molar-refractivity contribution is 5.85. The molecule has 0 aromatic carbocycles. The van der Waals surface area contributed by atoms with Gasteiger partial charge in [-0.3, -0.25) is 9.88 Å². The number of halogens is 1. The van der Waals surface area contributed by atoms with Gasteiger partial charge in [-0.15, -0.1) is 12.4 Å². The minimum absolute atomic E-state index is 0. The highest BCUT2D eigenvalue weighted by atomic mass is 35.5. The van der Waals surface area contributed by atoms with Crippen LogP contribution in [-0.4, -0.2) is 29.0 Å². The summed E-state index contributed by atoms with van der Waals surface area (Å²) in [6, 6.07) is 6.84. The average Bonchev–Trinajstić information content (AvgIpc) is 2.39. The second kappa shape index (κ2) is 7.07. The Labute approximate surface area is 116 Å². The van der Waals surface area contributed by atoms with Gasteiger partial charge in [-0.2, -0.15) is 0 Å². The third-order valence-corrected chi connectivity index (χ3v) is 3.90. The fraction of sp³-hybridized carbons (Fsp3) is 0.643. The van der Waals surface area contributed by atoms with Gasteiger partial charge in [0.1, 0.15) is 0 Å². The van der Waals surface area contributed by atoms with Crippen molar-refractivity contribution in [2.24, 2.45) is 11.7 Å². The molecule has 2 N–H and O–H groups in total. The van der Waals surface area contributed by atoms with Gasteiger partial charge in [0.05, 0.1) is 5.69 Å². The molecule has 4 heteroatoms. The summed E-state index contributed by atoms with van der Waals surface area (Å²) in [6.07, 6.45) is 4.39.